The Morgan fingerprint density at radius 2 is 1.43 bits per heavy atom. The van der Waals surface area contributed by atoms with Gasteiger partial charge in [-0.2, -0.15) is 0 Å². The third kappa shape index (κ3) is 7.01. The maximum Gasteiger partial charge on any atom is 0.200 e. The van der Waals surface area contributed by atoms with Gasteiger partial charge >= 0.3 is 0 Å². The normalized spacial score (nSPS) is 23.3. The molecule has 3 atom stereocenters. The number of allylic oxidation sites excluding steroid dienone is 2. The van der Waals surface area contributed by atoms with Gasteiger partial charge in [0.2, 0.25) is 0 Å². The van der Waals surface area contributed by atoms with Crippen LogP contribution in [0.5, 0.6) is 0 Å². The third-order valence-electron chi connectivity index (χ3n) is 7.46. The number of hydrogen-bond acceptors (Lipinski definition) is 1. The van der Waals surface area contributed by atoms with Crippen molar-refractivity contribution >= 4 is 8.32 Å². The van der Waals surface area contributed by atoms with E-state index in [1.165, 1.54) is 57.8 Å². The molecule has 0 saturated heterocycles. The van der Waals surface area contributed by atoms with Crippen molar-refractivity contribution in [2.24, 2.45) is 17.8 Å². The average Bonchev–Trinajstić information content (AvgIpc) is 2.61. The van der Waals surface area contributed by atoms with Gasteiger partial charge < -0.3 is 4.43 Å². The Hall–Kier alpha value is -0.0831. The summed E-state index contributed by atoms with van der Waals surface area (Å²) in [7, 11) is -1.73. The van der Waals surface area contributed by atoms with Crippen LogP contribution < -0.4 is 0 Å². The van der Waals surface area contributed by atoms with E-state index in [-0.39, 0.29) is 0 Å². The predicted molar refractivity (Wildman–Crippen MR) is 130 cm³/mol. The quantitative estimate of drug-likeness (QED) is 0.149. The Balaban J connectivity index is 2.71. The zero-order valence-electron chi connectivity index (χ0n) is 20.6. The van der Waals surface area contributed by atoms with Crippen molar-refractivity contribution in [1.29, 1.82) is 0 Å². The van der Waals surface area contributed by atoms with Gasteiger partial charge in [-0.25, -0.2) is 0 Å². The first-order valence-electron chi connectivity index (χ1n) is 12.6. The molecule has 0 aromatic rings. The second kappa shape index (κ2) is 13.3. The van der Waals surface area contributed by atoms with Crippen LogP contribution in [-0.4, -0.2) is 14.9 Å². The van der Waals surface area contributed by atoms with E-state index in [4.69, 9.17) is 4.43 Å². The number of rotatable bonds is 15. The average molecular weight is 409 g/mol. The topological polar surface area (TPSA) is 9.23 Å². The molecule has 0 bridgehead atoms. The van der Waals surface area contributed by atoms with Gasteiger partial charge in [-0.15, -0.1) is 0 Å². The Kier molecular flexibility index (Phi) is 12.3. The standard InChI is InChI=1S/C26H52OSi/c1-9-11-13-15-17-24-19-25(26(24)18-16-14-12-10-2)20-27-28(21(3)4,22(5)6)23(7)8/h16,18,21-26H,9-15,17,19-20H2,1-8H3/b18-16+/t24-,25-,26+/m1/s1. The van der Waals surface area contributed by atoms with Crippen LogP contribution in [-0.2, 0) is 4.43 Å². The predicted octanol–water partition coefficient (Wildman–Crippen LogP) is 9.15. The van der Waals surface area contributed by atoms with Crippen molar-refractivity contribution < 1.29 is 4.43 Å². The van der Waals surface area contributed by atoms with Gasteiger partial charge in [-0.05, 0) is 53.6 Å². The minimum absolute atomic E-state index is 0.691. The maximum atomic E-state index is 6.97. The monoisotopic (exact) mass is 408 g/mol. The molecule has 0 radical (unpaired) electrons. The molecule has 0 heterocycles. The minimum atomic E-state index is -1.73. The summed E-state index contributed by atoms with van der Waals surface area (Å²) in [4.78, 5) is 0. The van der Waals surface area contributed by atoms with Crippen LogP contribution in [0.15, 0.2) is 12.2 Å². The van der Waals surface area contributed by atoms with E-state index in [9.17, 15) is 0 Å². The van der Waals surface area contributed by atoms with Gasteiger partial charge in [-0.3, -0.25) is 0 Å². The Morgan fingerprint density at radius 3 is 1.96 bits per heavy atom. The van der Waals surface area contributed by atoms with Crippen LogP contribution >= 0.6 is 0 Å². The van der Waals surface area contributed by atoms with Crippen LogP contribution in [0.2, 0.25) is 16.6 Å². The van der Waals surface area contributed by atoms with E-state index in [2.05, 4.69) is 67.5 Å². The van der Waals surface area contributed by atoms with E-state index in [1.807, 2.05) is 0 Å². The van der Waals surface area contributed by atoms with Crippen LogP contribution in [0.1, 0.15) is 113 Å². The summed E-state index contributed by atoms with van der Waals surface area (Å²) in [6.07, 6.45) is 17.4. The smallest absolute Gasteiger partial charge is 0.200 e. The van der Waals surface area contributed by atoms with Crippen molar-refractivity contribution in [2.45, 2.75) is 130 Å². The molecule has 0 amide bonds. The second-order valence-corrected chi connectivity index (χ2v) is 15.8. The molecule has 0 unspecified atom stereocenters. The summed E-state index contributed by atoms with van der Waals surface area (Å²) in [5.41, 5.74) is 2.07. The highest BCUT2D eigenvalue weighted by atomic mass is 28.4. The summed E-state index contributed by atoms with van der Waals surface area (Å²) in [5.74, 6) is 2.45. The summed E-state index contributed by atoms with van der Waals surface area (Å²) in [5, 5.41) is 0. The zero-order chi connectivity index (χ0) is 21.2. The highest BCUT2D eigenvalue weighted by Crippen LogP contribution is 2.48. The Labute approximate surface area is 179 Å². The molecule has 166 valence electrons. The summed E-state index contributed by atoms with van der Waals surface area (Å²) in [6.45, 7) is 20.1. The van der Waals surface area contributed by atoms with E-state index >= 15 is 0 Å². The van der Waals surface area contributed by atoms with Crippen molar-refractivity contribution in [1.82, 2.24) is 0 Å². The van der Waals surface area contributed by atoms with Crippen LogP contribution in [0, 0.1) is 17.8 Å². The van der Waals surface area contributed by atoms with Gasteiger partial charge in [0, 0.05) is 6.61 Å². The molecule has 0 aromatic heterocycles. The van der Waals surface area contributed by atoms with E-state index < -0.39 is 8.32 Å². The molecule has 0 aromatic carbocycles. The first kappa shape index (κ1) is 26.0. The highest BCUT2D eigenvalue weighted by Gasteiger charge is 2.47. The lowest BCUT2D eigenvalue weighted by Crippen LogP contribution is -2.50. The van der Waals surface area contributed by atoms with E-state index in [0.29, 0.717) is 16.6 Å². The zero-order valence-corrected chi connectivity index (χ0v) is 21.6. The summed E-state index contributed by atoms with van der Waals surface area (Å²) >= 11 is 0. The molecule has 1 saturated carbocycles. The summed E-state index contributed by atoms with van der Waals surface area (Å²) in [6, 6.07) is 0. The van der Waals surface area contributed by atoms with Gasteiger partial charge in [0.05, 0.1) is 0 Å². The number of hydrogen-bond donors (Lipinski definition) is 0. The fraction of sp³-hybridized carbons (Fsp3) is 0.923. The lowest BCUT2D eigenvalue weighted by molar-refractivity contribution is 0.0494. The molecule has 0 spiro atoms. The first-order valence-corrected chi connectivity index (χ1v) is 14.8. The van der Waals surface area contributed by atoms with Crippen molar-refractivity contribution in [3.63, 3.8) is 0 Å². The fourth-order valence-corrected chi connectivity index (χ4v) is 11.4. The highest BCUT2D eigenvalue weighted by molar-refractivity contribution is 6.77. The van der Waals surface area contributed by atoms with Crippen LogP contribution in [0.4, 0.5) is 0 Å². The maximum absolute atomic E-state index is 6.97. The van der Waals surface area contributed by atoms with E-state index in [1.54, 1.807) is 0 Å². The lowest BCUT2D eigenvalue weighted by atomic mass is 9.63. The molecule has 0 aliphatic heterocycles. The molecule has 2 heteroatoms. The largest absolute Gasteiger partial charge is 0.416 e. The number of unbranched alkanes of at least 4 members (excludes halogenated alkanes) is 5. The second-order valence-electron chi connectivity index (χ2n) is 10.4. The molecule has 1 rings (SSSR count). The fourth-order valence-electron chi connectivity index (χ4n) is 5.86. The molecule has 1 fully saturated rings. The third-order valence-corrected chi connectivity index (χ3v) is 13.5. The van der Waals surface area contributed by atoms with Gasteiger partial charge in [0.25, 0.3) is 0 Å². The molecule has 1 aliphatic rings. The molecule has 28 heavy (non-hydrogen) atoms. The van der Waals surface area contributed by atoms with E-state index in [0.717, 1.165) is 24.4 Å². The SMILES string of the molecule is CCCC/C=C/[C@H]1[C@H](CCCCCC)C[C@@H]1CO[Si](C(C)C)(C(C)C)C(C)C. The van der Waals surface area contributed by atoms with Gasteiger partial charge in [0.1, 0.15) is 0 Å². The minimum Gasteiger partial charge on any atom is -0.416 e. The molecular formula is C26H52OSi. The van der Waals surface area contributed by atoms with Crippen molar-refractivity contribution in [3.05, 3.63) is 12.2 Å². The van der Waals surface area contributed by atoms with Crippen molar-refractivity contribution in [2.75, 3.05) is 6.61 Å². The van der Waals surface area contributed by atoms with Gasteiger partial charge in [0.15, 0.2) is 8.32 Å². The molecule has 0 N–H and O–H groups in total. The Bertz CT molecular complexity index is 404. The first-order chi connectivity index (χ1) is 13.3. The van der Waals surface area contributed by atoms with Crippen LogP contribution in [0.3, 0.4) is 0 Å². The summed E-state index contributed by atoms with van der Waals surface area (Å²) < 4.78 is 6.97. The molecular weight excluding hydrogens is 356 g/mol. The van der Waals surface area contributed by atoms with Crippen LogP contribution in [0.25, 0.3) is 0 Å². The lowest BCUT2D eigenvalue weighted by Gasteiger charge is -2.48. The van der Waals surface area contributed by atoms with Gasteiger partial charge in [-0.1, -0.05) is 106 Å². The van der Waals surface area contributed by atoms with Crippen molar-refractivity contribution in [3.8, 4) is 0 Å². The Morgan fingerprint density at radius 1 is 0.821 bits per heavy atom. The molecule has 1 nitrogen and oxygen atoms in total. The molecule has 1 aliphatic carbocycles.